The second-order valence-corrected chi connectivity index (χ2v) is 6.49. The van der Waals surface area contributed by atoms with Crippen molar-refractivity contribution in [3.8, 4) is 5.75 Å². The molecule has 19 heavy (non-hydrogen) atoms. The van der Waals surface area contributed by atoms with Crippen LogP contribution in [-0.4, -0.2) is 25.4 Å². The van der Waals surface area contributed by atoms with Gasteiger partial charge in [0.25, 0.3) is 0 Å². The molecule has 0 aromatic heterocycles. The van der Waals surface area contributed by atoms with E-state index in [-0.39, 0.29) is 5.60 Å². The minimum atomic E-state index is -0.0124. The summed E-state index contributed by atoms with van der Waals surface area (Å²) in [5.74, 6) is 0.896. The molecule has 0 spiro atoms. The smallest absolute Gasteiger partial charge is 0.119 e. The third kappa shape index (κ3) is 4.20. The van der Waals surface area contributed by atoms with Crippen LogP contribution in [0.1, 0.15) is 32.3 Å². The molecule has 1 unspecified atom stereocenters. The number of methoxy groups -OCH3 is 1. The van der Waals surface area contributed by atoms with E-state index in [1.807, 2.05) is 12.1 Å². The van der Waals surface area contributed by atoms with Crippen LogP contribution >= 0.6 is 15.9 Å². The summed E-state index contributed by atoms with van der Waals surface area (Å²) >= 11 is 3.59. The number of hydrogen-bond donors (Lipinski definition) is 1. The van der Waals surface area contributed by atoms with Crippen LogP contribution in [0.2, 0.25) is 0 Å². The maximum Gasteiger partial charge on any atom is 0.119 e. The zero-order valence-corrected chi connectivity index (χ0v) is 13.4. The van der Waals surface area contributed by atoms with E-state index in [1.165, 1.54) is 5.56 Å². The van der Waals surface area contributed by atoms with Crippen molar-refractivity contribution in [1.29, 1.82) is 0 Å². The second kappa shape index (κ2) is 6.25. The third-order valence-electron chi connectivity index (χ3n) is 3.53. The van der Waals surface area contributed by atoms with Crippen molar-refractivity contribution in [3.63, 3.8) is 0 Å². The zero-order valence-electron chi connectivity index (χ0n) is 11.8. The maximum absolute atomic E-state index is 5.74. The van der Waals surface area contributed by atoms with Gasteiger partial charge in [-0.25, -0.2) is 0 Å². The summed E-state index contributed by atoms with van der Waals surface area (Å²) in [7, 11) is 1.70. The van der Waals surface area contributed by atoms with Crippen molar-refractivity contribution in [2.24, 2.45) is 0 Å². The number of halogens is 1. The van der Waals surface area contributed by atoms with Crippen LogP contribution in [0.3, 0.4) is 0 Å². The molecule has 1 aromatic carbocycles. The molecule has 3 nitrogen and oxygen atoms in total. The lowest BCUT2D eigenvalue weighted by Gasteiger charge is -2.36. The van der Waals surface area contributed by atoms with Crippen LogP contribution in [0.15, 0.2) is 22.7 Å². The average molecular weight is 328 g/mol. The van der Waals surface area contributed by atoms with Gasteiger partial charge >= 0.3 is 0 Å². The summed E-state index contributed by atoms with van der Waals surface area (Å²) in [5, 5.41) is 3.62. The summed E-state index contributed by atoms with van der Waals surface area (Å²) < 4.78 is 12.1. The Kier molecular flexibility index (Phi) is 4.87. The van der Waals surface area contributed by atoms with Crippen molar-refractivity contribution in [2.75, 3.05) is 13.7 Å². The Balaban J connectivity index is 1.95. The molecule has 1 aliphatic heterocycles. The van der Waals surface area contributed by atoms with Crippen molar-refractivity contribution in [3.05, 3.63) is 28.2 Å². The van der Waals surface area contributed by atoms with Crippen LogP contribution in [0.5, 0.6) is 5.75 Å². The van der Waals surface area contributed by atoms with Gasteiger partial charge in [0.2, 0.25) is 0 Å². The first kappa shape index (κ1) is 14.8. The lowest BCUT2D eigenvalue weighted by molar-refractivity contribution is -0.0630. The Morgan fingerprint density at radius 2 is 2.26 bits per heavy atom. The lowest BCUT2D eigenvalue weighted by Crippen LogP contribution is -2.43. The molecule has 0 radical (unpaired) electrons. The van der Waals surface area contributed by atoms with E-state index >= 15 is 0 Å². The molecule has 1 aliphatic rings. The highest BCUT2D eigenvalue weighted by Crippen LogP contribution is 2.26. The number of nitrogens with one attached hydrogen (secondary N) is 1. The Morgan fingerprint density at radius 1 is 1.47 bits per heavy atom. The quantitative estimate of drug-likeness (QED) is 0.918. The lowest BCUT2D eigenvalue weighted by atomic mass is 9.94. The molecule has 1 fully saturated rings. The molecular weight excluding hydrogens is 306 g/mol. The highest BCUT2D eigenvalue weighted by molar-refractivity contribution is 9.10. The number of benzene rings is 1. The summed E-state index contributed by atoms with van der Waals surface area (Å²) in [6.45, 7) is 5.99. The average Bonchev–Trinajstić information content (AvgIpc) is 2.37. The zero-order chi connectivity index (χ0) is 13.9. The van der Waals surface area contributed by atoms with Gasteiger partial charge in [-0.2, -0.15) is 0 Å². The van der Waals surface area contributed by atoms with Crippen LogP contribution < -0.4 is 10.1 Å². The van der Waals surface area contributed by atoms with Gasteiger partial charge < -0.3 is 14.8 Å². The Morgan fingerprint density at radius 3 is 2.95 bits per heavy atom. The van der Waals surface area contributed by atoms with Gasteiger partial charge in [0.15, 0.2) is 0 Å². The van der Waals surface area contributed by atoms with Crippen LogP contribution in [0.25, 0.3) is 0 Å². The van der Waals surface area contributed by atoms with Gasteiger partial charge in [-0.05, 0) is 50.5 Å². The number of hydrogen-bond acceptors (Lipinski definition) is 3. The number of rotatable bonds is 4. The van der Waals surface area contributed by atoms with E-state index in [2.05, 4.69) is 41.2 Å². The molecule has 1 N–H and O–H groups in total. The Bertz CT molecular complexity index is 434. The molecule has 1 atom stereocenters. The first-order valence-corrected chi connectivity index (χ1v) is 7.49. The molecule has 2 rings (SSSR count). The van der Waals surface area contributed by atoms with Crippen LogP contribution in [0, 0.1) is 0 Å². The fourth-order valence-corrected chi connectivity index (χ4v) is 2.86. The predicted octanol–water partition coefficient (Wildman–Crippen LogP) is 3.50. The first-order valence-electron chi connectivity index (χ1n) is 6.70. The van der Waals surface area contributed by atoms with Crippen LogP contribution in [0.4, 0.5) is 0 Å². The van der Waals surface area contributed by atoms with E-state index in [4.69, 9.17) is 9.47 Å². The second-order valence-electron chi connectivity index (χ2n) is 5.64. The molecule has 1 aromatic rings. The van der Waals surface area contributed by atoms with E-state index in [9.17, 15) is 0 Å². The molecule has 4 heteroatoms. The number of ether oxygens (including phenoxy) is 2. The molecule has 106 valence electrons. The Labute approximate surface area is 123 Å². The summed E-state index contributed by atoms with van der Waals surface area (Å²) in [4.78, 5) is 0. The molecule has 1 heterocycles. The van der Waals surface area contributed by atoms with Crippen molar-refractivity contribution in [2.45, 2.75) is 44.9 Å². The molecule has 1 saturated heterocycles. The topological polar surface area (TPSA) is 30.5 Å². The van der Waals surface area contributed by atoms with E-state index in [0.29, 0.717) is 6.04 Å². The van der Waals surface area contributed by atoms with E-state index < -0.39 is 0 Å². The monoisotopic (exact) mass is 327 g/mol. The highest BCUT2D eigenvalue weighted by Gasteiger charge is 2.28. The van der Waals surface area contributed by atoms with Crippen molar-refractivity contribution >= 4 is 15.9 Å². The largest absolute Gasteiger partial charge is 0.497 e. The summed E-state index contributed by atoms with van der Waals surface area (Å²) in [6.07, 6.45) is 2.12. The summed E-state index contributed by atoms with van der Waals surface area (Å²) in [6, 6.07) is 6.58. The van der Waals surface area contributed by atoms with Gasteiger partial charge in [-0.15, -0.1) is 0 Å². The molecular formula is C15H22BrNO2. The predicted molar refractivity (Wildman–Crippen MR) is 80.6 cm³/mol. The van der Waals surface area contributed by atoms with Crippen molar-refractivity contribution in [1.82, 2.24) is 5.32 Å². The normalized spacial score (nSPS) is 22.2. The van der Waals surface area contributed by atoms with E-state index in [0.717, 1.165) is 36.2 Å². The fourth-order valence-electron chi connectivity index (χ4n) is 2.47. The first-order chi connectivity index (χ1) is 9.00. The van der Waals surface area contributed by atoms with Gasteiger partial charge in [0.1, 0.15) is 5.75 Å². The van der Waals surface area contributed by atoms with Gasteiger partial charge in [-0.1, -0.05) is 15.9 Å². The molecule has 0 saturated carbocycles. The highest BCUT2D eigenvalue weighted by atomic mass is 79.9. The molecule has 0 aliphatic carbocycles. The Hall–Kier alpha value is -0.580. The minimum Gasteiger partial charge on any atom is -0.497 e. The van der Waals surface area contributed by atoms with Gasteiger partial charge in [0.05, 0.1) is 12.7 Å². The molecule has 0 bridgehead atoms. The van der Waals surface area contributed by atoms with Crippen molar-refractivity contribution < 1.29 is 9.47 Å². The van der Waals surface area contributed by atoms with Gasteiger partial charge in [-0.3, -0.25) is 0 Å². The van der Waals surface area contributed by atoms with E-state index in [1.54, 1.807) is 7.11 Å². The molecule has 0 amide bonds. The fraction of sp³-hybridized carbons (Fsp3) is 0.600. The maximum atomic E-state index is 5.74. The minimum absolute atomic E-state index is 0.0124. The van der Waals surface area contributed by atoms with Crippen LogP contribution in [-0.2, 0) is 11.3 Å². The summed E-state index contributed by atoms with van der Waals surface area (Å²) in [5.41, 5.74) is 1.21. The third-order valence-corrected chi connectivity index (χ3v) is 4.30. The standard InChI is InChI=1S/C15H22BrNO2/c1-15(2)9-12(6-7-19-15)17-10-11-8-13(18-3)4-5-14(11)16/h4-5,8,12,17H,6-7,9-10H2,1-3H3. The SMILES string of the molecule is COc1ccc(Br)c(CNC2CCOC(C)(C)C2)c1. The van der Waals surface area contributed by atoms with Gasteiger partial charge in [0, 0.05) is 23.7 Å².